The lowest BCUT2D eigenvalue weighted by Gasteiger charge is -2.27. The van der Waals surface area contributed by atoms with Crippen LogP contribution in [0.15, 0.2) is 16.6 Å². The number of halogens is 1. The minimum absolute atomic E-state index is 0.208. The molecule has 1 N–H and O–H groups in total. The maximum absolute atomic E-state index is 12.3. The lowest BCUT2D eigenvalue weighted by Crippen LogP contribution is -2.38. The maximum atomic E-state index is 12.3. The fraction of sp³-hybridized carbons (Fsp3) is 0.622. The van der Waals surface area contributed by atoms with Crippen molar-refractivity contribution in [2.45, 2.75) is 129 Å². The number of aryl methyl sites for hydroxylation is 3. The van der Waals surface area contributed by atoms with Crippen LogP contribution in [0.2, 0.25) is 0 Å². The Morgan fingerprint density at radius 2 is 1.22 bits per heavy atom. The molecule has 17 heteroatoms. The molecule has 0 aromatic carbocycles. The van der Waals surface area contributed by atoms with E-state index in [0.717, 1.165) is 37.9 Å². The number of aromatic nitrogens is 6. The Labute approximate surface area is 325 Å². The summed E-state index contributed by atoms with van der Waals surface area (Å²) in [5.74, 6) is 0. The molecule has 6 rings (SSSR count). The summed E-state index contributed by atoms with van der Waals surface area (Å²) in [5, 5.41) is 42.8. The number of ether oxygens (including phenoxy) is 2. The van der Waals surface area contributed by atoms with Crippen LogP contribution in [0.1, 0.15) is 114 Å². The van der Waals surface area contributed by atoms with E-state index in [9.17, 15) is 9.59 Å². The minimum Gasteiger partial charge on any atom is -0.444 e. The zero-order chi connectivity index (χ0) is 40.0. The van der Waals surface area contributed by atoms with Crippen LogP contribution >= 0.6 is 15.9 Å². The standard InChI is InChI=1S/C14H19BrN4O2.C14H20N4O2.C9H12N4/c1-14(2,3)21-13(20)19(9-5-6-9)8-10-12(15)11(7-16)18(4)17-10;1-14(2,3)20-13(19)18(11-5-6-11)9-10-7-12(8-15)17(4)16-10;1-13-9(5-10)4-8(12-13)6-11-7-2-3-7/h9H,5-6,8H2,1-4H3;7,11H,5-6,9H2,1-4H3;4,7,11H,2-3,6H2,1H3. The van der Waals surface area contributed by atoms with Gasteiger partial charge in [-0.1, -0.05) is 0 Å². The second kappa shape index (κ2) is 17.5. The van der Waals surface area contributed by atoms with E-state index in [1.807, 2.05) is 47.6 Å². The topological polar surface area (TPSA) is 196 Å². The van der Waals surface area contributed by atoms with Crippen LogP contribution in [-0.2, 0) is 50.3 Å². The van der Waals surface area contributed by atoms with Crippen LogP contribution in [0.4, 0.5) is 9.59 Å². The Balaban J connectivity index is 0.000000185. The first-order valence-corrected chi connectivity index (χ1v) is 18.8. The number of carbonyl (C=O) groups excluding carboxylic acids is 2. The van der Waals surface area contributed by atoms with Gasteiger partial charge in [0.2, 0.25) is 0 Å². The van der Waals surface area contributed by atoms with E-state index in [2.05, 4.69) is 54.8 Å². The van der Waals surface area contributed by atoms with E-state index < -0.39 is 11.2 Å². The lowest BCUT2D eigenvalue weighted by atomic mass is 10.2. The van der Waals surface area contributed by atoms with Crippen molar-refractivity contribution < 1.29 is 19.1 Å². The van der Waals surface area contributed by atoms with E-state index in [-0.39, 0.29) is 24.3 Å². The summed E-state index contributed by atoms with van der Waals surface area (Å²) >= 11 is 3.39. The van der Waals surface area contributed by atoms with Crippen molar-refractivity contribution in [3.05, 3.63) is 50.8 Å². The van der Waals surface area contributed by atoms with Crippen LogP contribution in [0.3, 0.4) is 0 Å². The molecule has 54 heavy (non-hydrogen) atoms. The summed E-state index contributed by atoms with van der Waals surface area (Å²) in [7, 11) is 5.22. The number of carbonyl (C=O) groups is 2. The fourth-order valence-electron chi connectivity index (χ4n) is 5.17. The molecule has 2 amide bonds. The number of hydrogen-bond acceptors (Lipinski definition) is 11. The number of amides is 2. The van der Waals surface area contributed by atoms with Crippen LogP contribution in [0, 0.1) is 34.0 Å². The number of hydrogen-bond donors (Lipinski definition) is 1. The monoisotopic (exact) mass is 806 g/mol. The molecular weight excluding hydrogens is 756 g/mol. The molecule has 3 aliphatic rings. The molecular formula is C37H51BrN12O4. The lowest BCUT2D eigenvalue weighted by molar-refractivity contribution is 0.0203. The van der Waals surface area contributed by atoms with Gasteiger partial charge in [-0.15, -0.1) is 0 Å². The molecule has 0 radical (unpaired) electrons. The Kier molecular flexibility index (Phi) is 13.5. The molecule has 0 aliphatic heterocycles. The van der Waals surface area contributed by atoms with Crippen molar-refractivity contribution >= 4 is 28.1 Å². The van der Waals surface area contributed by atoms with Gasteiger partial charge < -0.3 is 14.8 Å². The molecule has 0 spiro atoms. The third-order valence-electron chi connectivity index (χ3n) is 8.28. The van der Waals surface area contributed by atoms with E-state index >= 15 is 0 Å². The molecule has 3 aromatic heterocycles. The van der Waals surface area contributed by atoms with Gasteiger partial charge in [0.1, 0.15) is 40.8 Å². The smallest absolute Gasteiger partial charge is 0.410 e. The van der Waals surface area contributed by atoms with Crippen molar-refractivity contribution in [3.8, 4) is 18.2 Å². The molecule has 3 fully saturated rings. The average Bonchev–Trinajstić information content (AvgIpc) is 3.97. The fourth-order valence-corrected chi connectivity index (χ4v) is 5.72. The summed E-state index contributed by atoms with van der Waals surface area (Å²) in [4.78, 5) is 27.9. The number of nitrogens with one attached hydrogen (secondary N) is 1. The van der Waals surface area contributed by atoms with Crippen molar-refractivity contribution in [2.24, 2.45) is 21.1 Å². The maximum Gasteiger partial charge on any atom is 0.410 e. The first kappa shape index (κ1) is 41.8. The molecule has 16 nitrogen and oxygen atoms in total. The molecule has 3 saturated carbocycles. The Hall–Kier alpha value is -4.92. The zero-order valence-electron chi connectivity index (χ0n) is 32.7. The van der Waals surface area contributed by atoms with Gasteiger partial charge in [0.05, 0.1) is 34.6 Å². The predicted molar refractivity (Wildman–Crippen MR) is 201 cm³/mol. The summed E-state index contributed by atoms with van der Waals surface area (Å²) in [6.07, 6.45) is 5.86. The first-order chi connectivity index (χ1) is 25.3. The summed E-state index contributed by atoms with van der Waals surface area (Å²) in [6, 6.07) is 10.9. The van der Waals surface area contributed by atoms with Gasteiger partial charge in [-0.05, 0) is 108 Å². The van der Waals surface area contributed by atoms with Crippen molar-refractivity contribution in [3.63, 3.8) is 0 Å². The number of nitrogens with zero attached hydrogens (tertiary/aromatic N) is 11. The van der Waals surface area contributed by atoms with E-state index in [0.29, 0.717) is 52.1 Å². The quantitative estimate of drug-likeness (QED) is 0.279. The second-order valence-electron chi connectivity index (χ2n) is 15.7. The average molecular weight is 808 g/mol. The van der Waals surface area contributed by atoms with Gasteiger partial charge in [-0.25, -0.2) is 9.59 Å². The predicted octanol–water partition coefficient (Wildman–Crippen LogP) is 5.69. The highest BCUT2D eigenvalue weighted by molar-refractivity contribution is 9.10. The zero-order valence-corrected chi connectivity index (χ0v) is 34.3. The largest absolute Gasteiger partial charge is 0.444 e. The Morgan fingerprint density at radius 3 is 1.61 bits per heavy atom. The van der Waals surface area contributed by atoms with Gasteiger partial charge in [0.15, 0.2) is 5.69 Å². The molecule has 3 aromatic rings. The van der Waals surface area contributed by atoms with E-state index in [1.54, 1.807) is 41.7 Å². The summed E-state index contributed by atoms with van der Waals surface area (Å²) in [6.45, 7) is 12.6. The summed E-state index contributed by atoms with van der Waals surface area (Å²) < 4.78 is 16.2. The normalized spacial score (nSPS) is 14.9. The first-order valence-electron chi connectivity index (χ1n) is 18.0. The highest BCUT2D eigenvalue weighted by Gasteiger charge is 2.37. The van der Waals surface area contributed by atoms with Gasteiger partial charge in [-0.2, -0.15) is 31.1 Å². The Morgan fingerprint density at radius 1 is 0.759 bits per heavy atom. The second-order valence-corrected chi connectivity index (χ2v) is 16.5. The van der Waals surface area contributed by atoms with Crippen LogP contribution in [0.25, 0.3) is 0 Å². The third kappa shape index (κ3) is 12.6. The van der Waals surface area contributed by atoms with Crippen molar-refractivity contribution in [2.75, 3.05) is 0 Å². The molecule has 290 valence electrons. The molecule has 0 saturated heterocycles. The molecule has 3 aliphatic carbocycles. The van der Waals surface area contributed by atoms with Gasteiger partial charge >= 0.3 is 12.2 Å². The van der Waals surface area contributed by atoms with Crippen molar-refractivity contribution in [1.82, 2.24) is 44.5 Å². The number of rotatable bonds is 9. The van der Waals surface area contributed by atoms with Gasteiger partial charge in [-0.3, -0.25) is 23.8 Å². The van der Waals surface area contributed by atoms with Crippen LogP contribution in [0.5, 0.6) is 0 Å². The van der Waals surface area contributed by atoms with Crippen LogP contribution < -0.4 is 5.32 Å². The Bertz CT molecular complexity index is 1920. The van der Waals surface area contributed by atoms with Gasteiger partial charge in [0, 0.05) is 45.8 Å². The summed E-state index contributed by atoms with van der Waals surface area (Å²) in [5.41, 5.74) is 2.85. The van der Waals surface area contributed by atoms with E-state index in [4.69, 9.17) is 25.3 Å². The highest BCUT2D eigenvalue weighted by Crippen LogP contribution is 2.32. The molecule has 0 atom stereocenters. The third-order valence-corrected chi connectivity index (χ3v) is 9.12. The van der Waals surface area contributed by atoms with E-state index in [1.165, 1.54) is 22.2 Å². The molecule has 0 unspecified atom stereocenters. The minimum atomic E-state index is -0.524. The SMILES string of the molecule is Cn1nc(CN(C(=O)OC(C)(C)C)C2CC2)c(Br)c1C#N.Cn1nc(CN(C(=O)OC(C)(C)C)C2CC2)cc1C#N.Cn1nc(CNC2CC2)cc1C#N. The molecule has 0 bridgehead atoms. The van der Waals surface area contributed by atoms with Crippen molar-refractivity contribution in [1.29, 1.82) is 15.8 Å². The highest BCUT2D eigenvalue weighted by atomic mass is 79.9. The molecule has 3 heterocycles. The van der Waals surface area contributed by atoms with Gasteiger partial charge in [0.25, 0.3) is 0 Å². The number of nitriles is 3. The van der Waals surface area contributed by atoms with Crippen LogP contribution in [-0.4, -0.2) is 80.7 Å².